The fourth-order valence-corrected chi connectivity index (χ4v) is 3.37. The maximum atomic E-state index is 12.8. The number of nitrogens with one attached hydrogen (secondary N) is 1. The fraction of sp³-hybridized carbons (Fsp3) is 0.429. The molecule has 3 rings (SSSR count). The maximum Gasteiger partial charge on any atom is 0.416 e. The van der Waals surface area contributed by atoms with Gasteiger partial charge in [-0.05, 0) is 48.7 Å². The molecule has 0 unspecified atom stereocenters. The van der Waals surface area contributed by atoms with E-state index in [-0.39, 0.29) is 24.1 Å². The Labute approximate surface area is 167 Å². The highest BCUT2D eigenvalue weighted by Gasteiger charge is 2.32. The van der Waals surface area contributed by atoms with Gasteiger partial charge in [0.2, 0.25) is 5.91 Å². The van der Waals surface area contributed by atoms with Crippen molar-refractivity contribution in [2.24, 2.45) is 5.92 Å². The summed E-state index contributed by atoms with van der Waals surface area (Å²) in [5.41, 5.74) is 2.56. The van der Waals surface area contributed by atoms with Crippen LogP contribution in [0.1, 0.15) is 27.9 Å². The van der Waals surface area contributed by atoms with Gasteiger partial charge in [0.05, 0.1) is 17.2 Å². The van der Waals surface area contributed by atoms with E-state index in [1.165, 1.54) is 0 Å². The van der Waals surface area contributed by atoms with Crippen molar-refractivity contribution in [3.05, 3.63) is 58.4 Å². The third kappa shape index (κ3) is 5.06. The number of aryl methyl sites for hydroxylation is 2. The molecule has 0 spiro atoms. The molecule has 29 heavy (non-hydrogen) atoms. The molecule has 1 N–H and O–H groups in total. The molecule has 1 saturated heterocycles. The van der Waals surface area contributed by atoms with Gasteiger partial charge >= 0.3 is 6.18 Å². The van der Waals surface area contributed by atoms with Gasteiger partial charge in [-0.3, -0.25) is 14.7 Å². The van der Waals surface area contributed by atoms with Crippen molar-refractivity contribution < 1.29 is 22.7 Å². The number of pyridine rings is 1. The standard InChI is InChI=1S/C21H24F3N3O2/c1-13-7-19(29-12-18-8-17(4-5-26-18)21(22,23)24)14(2)6-15(13)9-27-10-16(11-27)20(28)25-3/h4-8,16H,9-12H2,1-3H3,(H,25,28). The lowest BCUT2D eigenvalue weighted by Crippen LogP contribution is -2.52. The number of likely N-dealkylation sites (tertiary alicyclic amines) is 1. The number of hydrogen-bond donors (Lipinski definition) is 1. The predicted molar refractivity (Wildman–Crippen MR) is 102 cm³/mol. The van der Waals surface area contributed by atoms with Crippen LogP contribution >= 0.6 is 0 Å². The average Bonchev–Trinajstić information content (AvgIpc) is 2.64. The van der Waals surface area contributed by atoms with Crippen LogP contribution in [-0.4, -0.2) is 35.9 Å². The van der Waals surface area contributed by atoms with E-state index in [0.29, 0.717) is 5.75 Å². The zero-order valence-electron chi connectivity index (χ0n) is 16.6. The number of amides is 1. The third-order valence-electron chi connectivity index (χ3n) is 5.12. The van der Waals surface area contributed by atoms with E-state index in [2.05, 4.69) is 15.2 Å². The van der Waals surface area contributed by atoms with E-state index in [0.717, 1.165) is 54.7 Å². The summed E-state index contributed by atoms with van der Waals surface area (Å²) in [6, 6.07) is 5.87. The molecule has 2 aromatic rings. The van der Waals surface area contributed by atoms with E-state index in [9.17, 15) is 18.0 Å². The van der Waals surface area contributed by atoms with Crippen molar-refractivity contribution in [2.45, 2.75) is 33.2 Å². The van der Waals surface area contributed by atoms with Crippen LogP contribution < -0.4 is 10.1 Å². The quantitative estimate of drug-likeness (QED) is 0.797. The molecule has 5 nitrogen and oxygen atoms in total. The number of aromatic nitrogens is 1. The Bertz CT molecular complexity index is 893. The minimum Gasteiger partial charge on any atom is -0.487 e. The highest BCUT2D eigenvalue weighted by atomic mass is 19.4. The number of carbonyl (C=O) groups is 1. The first-order chi connectivity index (χ1) is 13.7. The molecule has 2 heterocycles. The maximum absolute atomic E-state index is 12.8. The van der Waals surface area contributed by atoms with Crippen molar-refractivity contribution in [3.63, 3.8) is 0 Å². The Kier molecular flexibility index (Phi) is 6.12. The summed E-state index contributed by atoms with van der Waals surface area (Å²) in [5, 5.41) is 2.67. The summed E-state index contributed by atoms with van der Waals surface area (Å²) in [5.74, 6) is 0.738. The second-order valence-electron chi connectivity index (χ2n) is 7.37. The smallest absolute Gasteiger partial charge is 0.416 e. The third-order valence-corrected chi connectivity index (χ3v) is 5.12. The number of halogens is 3. The van der Waals surface area contributed by atoms with Crippen molar-refractivity contribution >= 4 is 5.91 Å². The van der Waals surface area contributed by atoms with E-state index >= 15 is 0 Å². The van der Waals surface area contributed by atoms with E-state index in [1.54, 1.807) is 7.05 Å². The molecule has 0 aliphatic carbocycles. The molecule has 1 aliphatic rings. The Morgan fingerprint density at radius 2 is 1.97 bits per heavy atom. The lowest BCUT2D eigenvalue weighted by molar-refractivity contribution is -0.137. The monoisotopic (exact) mass is 407 g/mol. The normalized spacial score (nSPS) is 15.1. The molecular weight excluding hydrogens is 383 g/mol. The average molecular weight is 407 g/mol. The SMILES string of the molecule is CNC(=O)C1CN(Cc2cc(C)c(OCc3cc(C(F)(F)F)ccn3)cc2C)C1. The summed E-state index contributed by atoms with van der Waals surface area (Å²) < 4.78 is 44.2. The van der Waals surface area contributed by atoms with Crippen molar-refractivity contribution in [2.75, 3.05) is 20.1 Å². The summed E-state index contributed by atoms with van der Waals surface area (Å²) in [6.07, 6.45) is -3.26. The molecule has 0 saturated carbocycles. The highest BCUT2D eigenvalue weighted by molar-refractivity contribution is 5.79. The second-order valence-corrected chi connectivity index (χ2v) is 7.37. The molecule has 0 atom stereocenters. The predicted octanol–water partition coefficient (Wildman–Crippen LogP) is 3.47. The summed E-state index contributed by atoms with van der Waals surface area (Å²) in [4.78, 5) is 17.8. The first-order valence-corrected chi connectivity index (χ1v) is 9.36. The van der Waals surface area contributed by atoms with E-state index in [4.69, 9.17) is 4.74 Å². The van der Waals surface area contributed by atoms with Crippen LogP contribution in [0.15, 0.2) is 30.5 Å². The molecule has 1 amide bonds. The number of ether oxygens (including phenoxy) is 1. The summed E-state index contributed by atoms with van der Waals surface area (Å²) >= 11 is 0. The fourth-order valence-electron chi connectivity index (χ4n) is 3.37. The molecule has 1 aliphatic heterocycles. The number of alkyl halides is 3. The first-order valence-electron chi connectivity index (χ1n) is 9.36. The molecule has 156 valence electrons. The number of benzene rings is 1. The van der Waals surface area contributed by atoms with Gasteiger partial charge in [-0.1, -0.05) is 6.07 Å². The van der Waals surface area contributed by atoms with Gasteiger partial charge in [0.1, 0.15) is 12.4 Å². The van der Waals surface area contributed by atoms with Crippen LogP contribution in [0.5, 0.6) is 5.75 Å². The van der Waals surface area contributed by atoms with Gasteiger partial charge in [-0.2, -0.15) is 13.2 Å². The van der Waals surface area contributed by atoms with Gasteiger partial charge in [0.25, 0.3) is 0 Å². The van der Waals surface area contributed by atoms with Crippen LogP contribution in [0.4, 0.5) is 13.2 Å². The molecule has 1 aromatic heterocycles. The molecule has 8 heteroatoms. The topological polar surface area (TPSA) is 54.5 Å². The lowest BCUT2D eigenvalue weighted by Gasteiger charge is -2.38. The largest absolute Gasteiger partial charge is 0.487 e. The van der Waals surface area contributed by atoms with Crippen LogP contribution in [0.25, 0.3) is 0 Å². The minimum atomic E-state index is -4.40. The van der Waals surface area contributed by atoms with Crippen molar-refractivity contribution in [1.82, 2.24) is 15.2 Å². The van der Waals surface area contributed by atoms with Gasteiger partial charge in [0, 0.05) is 32.9 Å². The number of hydrogen-bond acceptors (Lipinski definition) is 4. The van der Waals surface area contributed by atoms with Crippen LogP contribution in [0.2, 0.25) is 0 Å². The summed E-state index contributed by atoms with van der Waals surface area (Å²) in [7, 11) is 1.64. The molecular formula is C21H24F3N3O2. The van der Waals surface area contributed by atoms with Gasteiger partial charge in [-0.25, -0.2) is 0 Å². The molecule has 1 fully saturated rings. The van der Waals surface area contributed by atoms with Crippen molar-refractivity contribution in [3.8, 4) is 5.75 Å². The lowest BCUT2D eigenvalue weighted by atomic mass is 9.96. The van der Waals surface area contributed by atoms with Crippen LogP contribution in [-0.2, 0) is 24.1 Å². The van der Waals surface area contributed by atoms with E-state index < -0.39 is 11.7 Å². The minimum absolute atomic E-state index is 0.0382. The van der Waals surface area contributed by atoms with Crippen LogP contribution in [0, 0.1) is 19.8 Å². The molecule has 0 radical (unpaired) electrons. The van der Waals surface area contributed by atoms with Gasteiger partial charge in [0.15, 0.2) is 0 Å². The Balaban J connectivity index is 1.62. The number of rotatable bonds is 6. The summed E-state index contributed by atoms with van der Waals surface area (Å²) in [6.45, 7) is 6.05. The zero-order valence-corrected chi connectivity index (χ0v) is 16.6. The number of nitrogens with zero attached hydrogens (tertiary/aromatic N) is 2. The highest BCUT2D eigenvalue weighted by Crippen LogP contribution is 2.30. The first kappa shape index (κ1) is 21.1. The Morgan fingerprint density at radius 1 is 1.24 bits per heavy atom. The van der Waals surface area contributed by atoms with Crippen LogP contribution in [0.3, 0.4) is 0 Å². The Morgan fingerprint density at radius 3 is 2.62 bits per heavy atom. The van der Waals surface area contributed by atoms with Gasteiger partial charge < -0.3 is 10.1 Å². The Hall–Kier alpha value is -2.61. The number of carbonyl (C=O) groups excluding carboxylic acids is 1. The van der Waals surface area contributed by atoms with Gasteiger partial charge in [-0.15, -0.1) is 0 Å². The molecule has 1 aromatic carbocycles. The zero-order chi connectivity index (χ0) is 21.2. The second kappa shape index (κ2) is 8.41. The molecule has 0 bridgehead atoms. The van der Waals surface area contributed by atoms with Crippen molar-refractivity contribution in [1.29, 1.82) is 0 Å². The van der Waals surface area contributed by atoms with E-state index in [1.807, 2.05) is 26.0 Å².